The number of halogens is 4. The summed E-state index contributed by atoms with van der Waals surface area (Å²) >= 11 is 1.70. The van der Waals surface area contributed by atoms with Crippen LogP contribution >= 0.6 is 22.7 Å². The molecule has 1 aromatic carbocycles. The molecule has 4 radical (unpaired) electrons. The van der Waals surface area contributed by atoms with Gasteiger partial charge in [0.2, 0.25) is 5.78 Å². The second kappa shape index (κ2) is 6.89. The highest BCUT2D eigenvalue weighted by molar-refractivity contribution is 7.22. The van der Waals surface area contributed by atoms with E-state index in [0.29, 0.717) is 4.78 Å². The average Bonchev–Trinajstić information content (AvgIpc) is 3.21. The van der Waals surface area contributed by atoms with E-state index < -0.39 is 40.2 Å². The zero-order valence-corrected chi connectivity index (χ0v) is 14.5. The van der Waals surface area contributed by atoms with Crippen LogP contribution in [0.25, 0.3) is 5.57 Å². The van der Waals surface area contributed by atoms with E-state index in [2.05, 4.69) is 6.58 Å². The molecular weight excluding hydrogens is 382 g/mol. The van der Waals surface area contributed by atoms with Gasteiger partial charge in [-0.3, -0.25) is 4.79 Å². The Hall–Kier alpha value is -2.12. The molecule has 0 amide bonds. The summed E-state index contributed by atoms with van der Waals surface area (Å²) in [6.07, 6.45) is 0. The van der Waals surface area contributed by atoms with Crippen molar-refractivity contribution >= 4 is 59.3 Å². The normalized spacial score (nSPS) is 10.9. The summed E-state index contributed by atoms with van der Waals surface area (Å²) in [5, 5.41) is 0. The Morgan fingerprint density at radius 1 is 0.769 bits per heavy atom. The fourth-order valence-corrected chi connectivity index (χ4v) is 3.80. The lowest BCUT2D eigenvalue weighted by atomic mass is 9.98. The van der Waals surface area contributed by atoms with Crippen LogP contribution in [0.3, 0.4) is 0 Å². The minimum absolute atomic E-state index is 0.142. The Morgan fingerprint density at radius 3 is 1.62 bits per heavy atom. The van der Waals surface area contributed by atoms with Gasteiger partial charge in [-0.1, -0.05) is 18.7 Å². The molecular formula is C17H6B2F4OS2. The highest BCUT2D eigenvalue weighted by atomic mass is 32.1. The fraction of sp³-hybridized carbons (Fsp3) is 0. The van der Waals surface area contributed by atoms with Crippen molar-refractivity contribution in [1.82, 2.24) is 0 Å². The summed E-state index contributed by atoms with van der Waals surface area (Å²) in [6, 6.07) is 5.45. The van der Waals surface area contributed by atoms with Crippen LogP contribution < -0.4 is 9.55 Å². The summed E-state index contributed by atoms with van der Waals surface area (Å²) in [5.41, 5.74) is -2.58. The predicted octanol–water partition coefficient (Wildman–Crippen LogP) is 3.25. The smallest absolute Gasteiger partial charge is 0.209 e. The van der Waals surface area contributed by atoms with E-state index in [4.69, 9.17) is 15.7 Å². The van der Waals surface area contributed by atoms with Crippen molar-refractivity contribution in [2.75, 3.05) is 0 Å². The molecule has 0 saturated heterocycles. The molecule has 3 rings (SSSR count). The van der Waals surface area contributed by atoms with E-state index >= 15 is 0 Å². The van der Waals surface area contributed by atoms with Crippen LogP contribution in [0.1, 0.15) is 25.7 Å². The van der Waals surface area contributed by atoms with Gasteiger partial charge < -0.3 is 0 Å². The number of hydrogen-bond donors (Lipinski definition) is 0. The molecule has 0 atom stereocenters. The lowest BCUT2D eigenvalue weighted by Gasteiger charge is -2.12. The van der Waals surface area contributed by atoms with Gasteiger partial charge in [-0.25, -0.2) is 17.6 Å². The quantitative estimate of drug-likeness (QED) is 0.290. The standard InChI is InChI=1S/C17H6B2F4OS2/c1-6(7-2-4-9(18)25-7)11-13(20)15(22)12(16(23)14(11)21)17(24)8-3-5-10(19)26-8/h2-5H,1H2. The van der Waals surface area contributed by atoms with Crippen LogP contribution in [-0.4, -0.2) is 21.5 Å². The number of ketones is 1. The van der Waals surface area contributed by atoms with Crippen molar-refractivity contribution in [2.45, 2.75) is 0 Å². The van der Waals surface area contributed by atoms with E-state index in [1.54, 1.807) is 0 Å². The zero-order valence-electron chi connectivity index (χ0n) is 12.9. The first-order chi connectivity index (χ1) is 12.2. The van der Waals surface area contributed by atoms with E-state index in [-0.39, 0.29) is 20.1 Å². The van der Waals surface area contributed by atoms with Crippen molar-refractivity contribution < 1.29 is 22.4 Å². The molecule has 1 nitrogen and oxygen atoms in total. The number of carbonyl (C=O) groups is 1. The Labute approximate surface area is 156 Å². The van der Waals surface area contributed by atoms with Gasteiger partial charge in [0.05, 0.1) is 10.4 Å². The van der Waals surface area contributed by atoms with E-state index in [1.807, 2.05) is 0 Å². The van der Waals surface area contributed by atoms with Crippen molar-refractivity contribution in [3.63, 3.8) is 0 Å². The molecule has 0 aliphatic heterocycles. The van der Waals surface area contributed by atoms with Gasteiger partial charge in [-0.15, -0.1) is 11.3 Å². The summed E-state index contributed by atoms with van der Waals surface area (Å²) in [7, 11) is 11.0. The molecule has 0 unspecified atom stereocenters. The van der Waals surface area contributed by atoms with Gasteiger partial charge in [0, 0.05) is 4.88 Å². The molecule has 0 fully saturated rings. The molecule has 2 heterocycles. The van der Waals surface area contributed by atoms with Gasteiger partial charge in [-0.2, -0.15) is 11.3 Å². The van der Waals surface area contributed by atoms with Gasteiger partial charge in [0.25, 0.3) is 0 Å². The van der Waals surface area contributed by atoms with Crippen LogP contribution in [0, 0.1) is 23.3 Å². The Kier molecular flexibility index (Phi) is 4.94. The zero-order chi connectivity index (χ0) is 19.2. The first-order valence-corrected chi connectivity index (χ1v) is 8.66. The second-order valence-corrected chi connectivity index (χ2v) is 7.45. The van der Waals surface area contributed by atoms with Gasteiger partial charge in [-0.05, 0) is 27.3 Å². The maximum atomic E-state index is 14.5. The number of carbonyl (C=O) groups excluding carboxylic acids is 1. The molecule has 0 N–H and O–H groups in total. The monoisotopic (exact) mass is 388 g/mol. The topological polar surface area (TPSA) is 17.1 Å². The Morgan fingerprint density at radius 2 is 1.19 bits per heavy atom. The first kappa shape index (κ1) is 18.7. The van der Waals surface area contributed by atoms with Crippen LogP contribution in [0.5, 0.6) is 0 Å². The van der Waals surface area contributed by atoms with Crippen LogP contribution in [0.4, 0.5) is 17.6 Å². The van der Waals surface area contributed by atoms with Gasteiger partial charge >= 0.3 is 0 Å². The first-order valence-electron chi connectivity index (χ1n) is 7.03. The van der Waals surface area contributed by atoms with E-state index in [9.17, 15) is 22.4 Å². The van der Waals surface area contributed by atoms with E-state index in [1.165, 1.54) is 24.3 Å². The SMILES string of the molecule is [B]c1ccc(C(=C)c2c(F)c(F)c(C(=O)c3ccc([B])s3)c(F)c2F)s1. The maximum Gasteiger partial charge on any atom is 0.209 e. The van der Waals surface area contributed by atoms with Crippen molar-refractivity contribution in [3.8, 4) is 0 Å². The molecule has 9 heteroatoms. The van der Waals surface area contributed by atoms with Crippen molar-refractivity contribution in [2.24, 2.45) is 0 Å². The lowest BCUT2D eigenvalue weighted by Crippen LogP contribution is -2.13. The van der Waals surface area contributed by atoms with Crippen molar-refractivity contribution in [1.29, 1.82) is 0 Å². The van der Waals surface area contributed by atoms with Crippen molar-refractivity contribution in [3.05, 3.63) is 75.0 Å². The molecule has 0 aliphatic rings. The molecule has 26 heavy (non-hydrogen) atoms. The molecule has 0 saturated carbocycles. The summed E-state index contributed by atoms with van der Waals surface area (Å²) in [4.78, 5) is 12.4. The fourth-order valence-electron chi connectivity index (χ4n) is 2.33. The molecule has 0 spiro atoms. The number of benzene rings is 1. The minimum atomic E-state index is -1.79. The minimum Gasteiger partial charge on any atom is -0.287 e. The van der Waals surface area contributed by atoms with Gasteiger partial charge in [0.1, 0.15) is 21.3 Å². The van der Waals surface area contributed by atoms with Crippen LogP contribution in [-0.2, 0) is 0 Å². The number of thiophene rings is 2. The molecule has 126 valence electrons. The largest absolute Gasteiger partial charge is 0.287 e. The Bertz CT molecular complexity index is 943. The molecule has 3 aromatic rings. The highest BCUT2D eigenvalue weighted by Crippen LogP contribution is 2.34. The van der Waals surface area contributed by atoms with Crippen LogP contribution in [0.2, 0.25) is 0 Å². The number of hydrogen-bond acceptors (Lipinski definition) is 3. The molecule has 2 aromatic heterocycles. The van der Waals surface area contributed by atoms with E-state index in [0.717, 1.165) is 22.7 Å². The lowest BCUT2D eigenvalue weighted by molar-refractivity contribution is 0.103. The average molecular weight is 388 g/mol. The third kappa shape index (κ3) is 3.05. The summed E-state index contributed by atoms with van der Waals surface area (Å²) in [5.74, 6) is -8.18. The summed E-state index contributed by atoms with van der Waals surface area (Å²) < 4.78 is 58.4. The molecule has 0 aliphatic carbocycles. The maximum absolute atomic E-state index is 14.5. The molecule has 0 bridgehead atoms. The number of rotatable bonds is 4. The third-order valence-electron chi connectivity index (χ3n) is 3.57. The summed E-state index contributed by atoms with van der Waals surface area (Å²) in [6.45, 7) is 3.49. The Balaban J connectivity index is 2.17. The highest BCUT2D eigenvalue weighted by Gasteiger charge is 2.31. The van der Waals surface area contributed by atoms with Gasteiger partial charge in [0.15, 0.2) is 23.3 Å². The second-order valence-electron chi connectivity index (χ2n) is 5.22. The third-order valence-corrected chi connectivity index (χ3v) is 5.45. The predicted molar refractivity (Wildman–Crippen MR) is 97.3 cm³/mol. The van der Waals surface area contributed by atoms with Crippen LogP contribution in [0.15, 0.2) is 30.8 Å².